The van der Waals surface area contributed by atoms with Crippen LogP contribution in [-0.2, 0) is 11.2 Å². The van der Waals surface area contributed by atoms with Crippen molar-refractivity contribution in [1.82, 2.24) is 0 Å². The van der Waals surface area contributed by atoms with E-state index in [4.69, 9.17) is 5.73 Å². The van der Waals surface area contributed by atoms with Crippen molar-refractivity contribution in [2.24, 2.45) is 5.73 Å². The Labute approximate surface area is 133 Å². The molecule has 0 aliphatic carbocycles. The van der Waals surface area contributed by atoms with Gasteiger partial charge in [0.25, 0.3) is 5.91 Å². The Hall–Kier alpha value is -2.73. The summed E-state index contributed by atoms with van der Waals surface area (Å²) in [5.74, 6) is -1.06. The highest BCUT2D eigenvalue weighted by atomic mass is 19.1. The number of anilines is 2. The lowest BCUT2D eigenvalue weighted by molar-refractivity contribution is -0.114. The van der Waals surface area contributed by atoms with Crippen molar-refractivity contribution < 1.29 is 14.0 Å². The van der Waals surface area contributed by atoms with Crippen LogP contribution >= 0.6 is 0 Å². The molecule has 0 radical (unpaired) electrons. The smallest absolute Gasteiger partial charge is 0.255 e. The molecule has 0 heterocycles. The van der Waals surface area contributed by atoms with E-state index in [0.29, 0.717) is 16.9 Å². The molecule has 0 fully saturated rings. The number of carbonyl (C=O) groups is 2. The topological polar surface area (TPSA) is 84.2 Å². The van der Waals surface area contributed by atoms with Crippen molar-refractivity contribution in [1.29, 1.82) is 0 Å². The van der Waals surface area contributed by atoms with Crippen LogP contribution in [0.4, 0.5) is 15.8 Å². The van der Waals surface area contributed by atoms with Gasteiger partial charge in [0.15, 0.2) is 0 Å². The minimum atomic E-state index is -0.402. The molecule has 6 heteroatoms. The number of hydrogen-bond acceptors (Lipinski definition) is 3. The zero-order valence-electron chi connectivity index (χ0n) is 12.7. The Morgan fingerprint density at radius 3 is 2.39 bits per heavy atom. The van der Waals surface area contributed by atoms with Crippen LogP contribution < -0.4 is 16.4 Å². The van der Waals surface area contributed by atoms with Gasteiger partial charge in [-0.15, -0.1) is 0 Å². The Balaban J connectivity index is 2.19. The molecule has 4 N–H and O–H groups in total. The molecule has 0 saturated heterocycles. The second-order valence-corrected chi connectivity index (χ2v) is 4.94. The number of rotatable bonds is 5. The fourth-order valence-electron chi connectivity index (χ4n) is 2.08. The summed E-state index contributed by atoms with van der Waals surface area (Å²) in [6.45, 7) is 1.85. The lowest BCUT2D eigenvalue weighted by Crippen LogP contribution is -2.22. The third-order valence-corrected chi connectivity index (χ3v) is 3.31. The van der Waals surface area contributed by atoms with Gasteiger partial charge in [-0.3, -0.25) is 9.59 Å². The van der Waals surface area contributed by atoms with Crippen molar-refractivity contribution >= 4 is 23.2 Å². The first-order valence-electron chi connectivity index (χ1n) is 7.23. The van der Waals surface area contributed by atoms with Gasteiger partial charge in [0, 0.05) is 16.9 Å². The van der Waals surface area contributed by atoms with Gasteiger partial charge in [0.1, 0.15) is 5.82 Å². The molecule has 5 nitrogen and oxygen atoms in total. The van der Waals surface area contributed by atoms with Crippen molar-refractivity contribution in [2.45, 2.75) is 13.3 Å². The number of hydrogen-bond donors (Lipinski definition) is 3. The summed E-state index contributed by atoms with van der Waals surface area (Å²) in [5, 5.41) is 5.42. The standard InChI is InChI=1S/C17H18FN3O2/c1-2-11-5-8-14(9-15(11)21-16(22)10-19)20-17(23)12-3-6-13(18)7-4-12/h3-9H,2,10,19H2,1H3,(H,20,23)(H,21,22). The van der Waals surface area contributed by atoms with E-state index in [9.17, 15) is 14.0 Å². The Bertz CT molecular complexity index is 714. The summed E-state index contributed by atoms with van der Waals surface area (Å²) in [6.07, 6.45) is 0.729. The minimum Gasteiger partial charge on any atom is -0.325 e. The summed E-state index contributed by atoms with van der Waals surface area (Å²) >= 11 is 0. The number of halogens is 1. The van der Waals surface area contributed by atoms with Crippen molar-refractivity contribution in [2.75, 3.05) is 17.2 Å². The number of nitrogens with one attached hydrogen (secondary N) is 2. The molecule has 0 saturated carbocycles. The summed E-state index contributed by atoms with van der Waals surface area (Å²) in [5.41, 5.74) is 7.73. The maximum Gasteiger partial charge on any atom is 0.255 e. The van der Waals surface area contributed by atoms with Crippen LogP contribution in [-0.4, -0.2) is 18.4 Å². The van der Waals surface area contributed by atoms with Crippen LogP contribution in [0.15, 0.2) is 42.5 Å². The van der Waals surface area contributed by atoms with Crippen LogP contribution in [0.1, 0.15) is 22.8 Å². The molecule has 120 valence electrons. The Morgan fingerprint density at radius 1 is 1.09 bits per heavy atom. The van der Waals surface area contributed by atoms with Crippen molar-refractivity contribution in [3.05, 3.63) is 59.4 Å². The summed E-state index contributed by atoms with van der Waals surface area (Å²) < 4.78 is 12.9. The molecule has 0 unspecified atom stereocenters. The molecule has 2 amide bonds. The molecule has 2 rings (SSSR count). The molecule has 0 aliphatic heterocycles. The maximum absolute atomic E-state index is 12.9. The molecular weight excluding hydrogens is 297 g/mol. The van der Waals surface area contributed by atoms with E-state index in [1.165, 1.54) is 24.3 Å². The molecule has 2 aromatic carbocycles. The third kappa shape index (κ3) is 4.37. The van der Waals surface area contributed by atoms with E-state index in [0.717, 1.165) is 12.0 Å². The average Bonchev–Trinajstić information content (AvgIpc) is 2.55. The van der Waals surface area contributed by atoms with Crippen LogP contribution in [0.5, 0.6) is 0 Å². The average molecular weight is 315 g/mol. The summed E-state index contributed by atoms with van der Waals surface area (Å²) in [6, 6.07) is 10.5. The predicted molar refractivity (Wildman–Crippen MR) is 87.9 cm³/mol. The lowest BCUT2D eigenvalue weighted by atomic mass is 10.1. The first kappa shape index (κ1) is 16.6. The Kier molecular flexibility index (Phi) is 5.43. The normalized spacial score (nSPS) is 10.2. The predicted octanol–water partition coefficient (Wildman–Crippen LogP) is 2.54. The zero-order chi connectivity index (χ0) is 16.8. The SMILES string of the molecule is CCc1ccc(NC(=O)c2ccc(F)cc2)cc1NC(=O)CN. The largest absolute Gasteiger partial charge is 0.325 e. The highest BCUT2D eigenvalue weighted by Crippen LogP contribution is 2.22. The van der Waals surface area contributed by atoms with Gasteiger partial charge in [0.2, 0.25) is 5.91 Å². The van der Waals surface area contributed by atoms with Gasteiger partial charge in [0.05, 0.1) is 6.54 Å². The van der Waals surface area contributed by atoms with Crippen LogP contribution in [0.3, 0.4) is 0 Å². The molecule has 0 bridgehead atoms. The van der Waals surface area contributed by atoms with Gasteiger partial charge >= 0.3 is 0 Å². The monoisotopic (exact) mass is 315 g/mol. The van der Waals surface area contributed by atoms with Crippen molar-refractivity contribution in [3.63, 3.8) is 0 Å². The van der Waals surface area contributed by atoms with E-state index < -0.39 is 5.82 Å². The van der Waals surface area contributed by atoms with Crippen LogP contribution in [0.2, 0.25) is 0 Å². The van der Waals surface area contributed by atoms with Gasteiger partial charge in [-0.2, -0.15) is 0 Å². The molecular formula is C17H18FN3O2. The molecule has 0 aliphatic rings. The first-order chi connectivity index (χ1) is 11.0. The fraction of sp³-hybridized carbons (Fsp3) is 0.176. The van der Waals surface area contributed by atoms with Gasteiger partial charge in [-0.25, -0.2) is 4.39 Å². The summed E-state index contributed by atoms with van der Waals surface area (Å²) in [7, 11) is 0. The van der Waals surface area contributed by atoms with E-state index in [-0.39, 0.29) is 18.4 Å². The Morgan fingerprint density at radius 2 is 1.78 bits per heavy atom. The summed E-state index contributed by atoms with van der Waals surface area (Å²) in [4.78, 5) is 23.6. The lowest BCUT2D eigenvalue weighted by Gasteiger charge is -2.12. The van der Waals surface area contributed by atoms with Crippen molar-refractivity contribution in [3.8, 4) is 0 Å². The molecule has 0 spiro atoms. The number of amides is 2. The number of carbonyl (C=O) groups excluding carboxylic acids is 2. The van der Waals surface area contributed by atoms with E-state index >= 15 is 0 Å². The molecule has 0 aromatic heterocycles. The fourth-order valence-corrected chi connectivity index (χ4v) is 2.08. The van der Waals surface area contributed by atoms with E-state index in [1.807, 2.05) is 13.0 Å². The highest BCUT2D eigenvalue weighted by molar-refractivity contribution is 6.04. The minimum absolute atomic E-state index is 0.116. The van der Waals surface area contributed by atoms with Gasteiger partial charge in [-0.05, 0) is 48.4 Å². The molecule has 0 atom stereocenters. The van der Waals surface area contributed by atoms with Crippen LogP contribution in [0, 0.1) is 5.82 Å². The maximum atomic E-state index is 12.9. The second-order valence-electron chi connectivity index (χ2n) is 4.94. The molecule has 2 aromatic rings. The third-order valence-electron chi connectivity index (χ3n) is 3.31. The van der Waals surface area contributed by atoms with E-state index in [1.54, 1.807) is 12.1 Å². The second kappa shape index (κ2) is 7.51. The number of nitrogens with two attached hydrogens (primary N) is 1. The number of benzene rings is 2. The highest BCUT2D eigenvalue weighted by Gasteiger charge is 2.09. The van der Waals surface area contributed by atoms with Crippen LogP contribution in [0.25, 0.3) is 0 Å². The van der Waals surface area contributed by atoms with E-state index in [2.05, 4.69) is 10.6 Å². The first-order valence-corrected chi connectivity index (χ1v) is 7.23. The molecule has 23 heavy (non-hydrogen) atoms. The zero-order valence-corrected chi connectivity index (χ0v) is 12.7. The number of aryl methyl sites for hydroxylation is 1. The quantitative estimate of drug-likeness (QED) is 0.793. The van der Waals surface area contributed by atoms with Gasteiger partial charge < -0.3 is 16.4 Å². The van der Waals surface area contributed by atoms with Gasteiger partial charge in [-0.1, -0.05) is 13.0 Å².